The first-order valence-corrected chi connectivity index (χ1v) is 12.9. The maximum atomic E-state index is 12.5. The number of hydrogen-bond acceptors (Lipinski definition) is 5. The molecule has 1 aliphatic rings. The first-order valence-electron chi connectivity index (χ1n) is 12.1. The van der Waals surface area contributed by atoms with Crippen molar-refractivity contribution < 1.29 is 23.9 Å². The minimum absolute atomic E-state index is 0.0634. The van der Waals surface area contributed by atoms with E-state index in [2.05, 4.69) is 15.6 Å². The summed E-state index contributed by atoms with van der Waals surface area (Å²) in [4.78, 5) is 39.9. The summed E-state index contributed by atoms with van der Waals surface area (Å²) in [6.45, 7) is 0.0902. The fraction of sp³-hybridized carbons (Fsp3) is 0.333. The number of halogens is 2. The van der Waals surface area contributed by atoms with Crippen molar-refractivity contribution in [2.45, 2.75) is 44.4 Å². The van der Waals surface area contributed by atoms with Gasteiger partial charge in [-0.15, -0.1) is 0 Å². The summed E-state index contributed by atoms with van der Waals surface area (Å²) in [5.74, 6) is -0.723. The number of nitrogens with zero attached hydrogens (tertiary/aromatic N) is 1. The third-order valence-corrected chi connectivity index (χ3v) is 7.10. The molecule has 1 aromatic heterocycles. The van der Waals surface area contributed by atoms with Crippen LogP contribution in [0.3, 0.4) is 0 Å². The molecule has 4 rings (SSSR count). The number of aromatic nitrogens is 1. The lowest BCUT2D eigenvalue weighted by molar-refractivity contribution is -0.138. The number of carbonyl (C=O) groups is 3. The van der Waals surface area contributed by atoms with Crippen LogP contribution in [0.5, 0.6) is 0 Å². The molecular weight excluding hydrogens is 517 g/mol. The number of rotatable bonds is 9. The summed E-state index contributed by atoms with van der Waals surface area (Å²) >= 11 is 12.2. The van der Waals surface area contributed by atoms with Gasteiger partial charge in [0, 0.05) is 25.1 Å². The number of nitrogens with one attached hydrogen (secondary N) is 2. The molecule has 1 aliphatic carbocycles. The Morgan fingerprint density at radius 3 is 2.38 bits per heavy atom. The summed E-state index contributed by atoms with van der Waals surface area (Å²) in [6, 6.07) is 14.6. The van der Waals surface area contributed by atoms with Crippen LogP contribution in [0.2, 0.25) is 10.2 Å². The second-order valence-corrected chi connectivity index (χ2v) is 9.86. The molecule has 1 saturated carbocycles. The van der Waals surface area contributed by atoms with Crippen molar-refractivity contribution >= 4 is 46.7 Å². The van der Waals surface area contributed by atoms with Gasteiger partial charge >= 0.3 is 5.97 Å². The molecule has 2 aromatic carbocycles. The molecule has 8 nitrogen and oxygen atoms in total. The third kappa shape index (κ3) is 7.11. The predicted octanol–water partition coefficient (Wildman–Crippen LogP) is 6.16. The van der Waals surface area contributed by atoms with Crippen LogP contribution in [0.1, 0.15) is 60.5 Å². The molecule has 1 heterocycles. The second-order valence-electron chi connectivity index (χ2n) is 9.11. The second kappa shape index (κ2) is 12.3. The van der Waals surface area contributed by atoms with Crippen LogP contribution < -0.4 is 10.6 Å². The Bertz CT molecular complexity index is 1270. The van der Waals surface area contributed by atoms with Gasteiger partial charge in [0.15, 0.2) is 5.69 Å². The van der Waals surface area contributed by atoms with Gasteiger partial charge in [0.1, 0.15) is 0 Å². The molecule has 0 spiro atoms. The van der Waals surface area contributed by atoms with Crippen LogP contribution >= 0.6 is 23.2 Å². The lowest BCUT2D eigenvalue weighted by Crippen LogP contribution is -2.28. The number of aliphatic carboxylic acids is 1. The number of hydrogen-bond donors (Lipinski definition) is 3. The fourth-order valence-electron chi connectivity index (χ4n) is 4.57. The van der Waals surface area contributed by atoms with E-state index in [9.17, 15) is 14.4 Å². The number of carboxylic acid groups (broad SMARTS) is 1. The van der Waals surface area contributed by atoms with Gasteiger partial charge in [-0.1, -0.05) is 35.9 Å². The van der Waals surface area contributed by atoms with Gasteiger partial charge in [0.25, 0.3) is 5.91 Å². The summed E-state index contributed by atoms with van der Waals surface area (Å²) in [5, 5.41) is 14.7. The molecule has 3 N–H and O–H groups in total. The third-order valence-electron chi connectivity index (χ3n) is 6.52. The van der Waals surface area contributed by atoms with Crippen LogP contribution in [0.4, 0.5) is 5.69 Å². The molecule has 2 amide bonds. The van der Waals surface area contributed by atoms with E-state index in [0.717, 1.165) is 25.7 Å². The molecule has 1 fully saturated rings. The molecule has 37 heavy (non-hydrogen) atoms. The molecule has 0 saturated heterocycles. The highest BCUT2D eigenvalue weighted by molar-refractivity contribution is 6.33. The Morgan fingerprint density at radius 1 is 1.00 bits per heavy atom. The number of oxazole rings is 1. The number of benzene rings is 2. The fourth-order valence-corrected chi connectivity index (χ4v) is 4.99. The van der Waals surface area contributed by atoms with Crippen molar-refractivity contribution in [3.63, 3.8) is 0 Å². The van der Waals surface area contributed by atoms with Gasteiger partial charge in [-0.3, -0.25) is 14.4 Å². The molecule has 3 aromatic rings. The Kier molecular flexibility index (Phi) is 8.84. The molecule has 194 valence electrons. The summed E-state index contributed by atoms with van der Waals surface area (Å²) in [5.41, 5.74) is 2.30. The predicted molar refractivity (Wildman–Crippen MR) is 141 cm³/mol. The Labute approximate surface area is 224 Å². The standard InChI is InChI=1S/C27H27Cl2N3O5/c28-21-4-2-1-3-20(21)27-32-24(25(29)37-27)26(36)30-14-13-22(33)31-19-11-9-18(10-12-19)17-7-5-16(6-8-17)15-23(34)35/h1-4,9-12,16-17H,5-8,13-15H2,(H,30,36)(H,31,33)(H,34,35). The highest BCUT2D eigenvalue weighted by atomic mass is 35.5. The number of amides is 2. The SMILES string of the molecule is O=C(O)CC1CCC(c2ccc(NC(=O)CCNC(=O)c3nc(-c4ccccc4Cl)oc3Cl)cc2)CC1. The first kappa shape index (κ1) is 26.7. The maximum Gasteiger partial charge on any atom is 0.303 e. The van der Waals surface area contributed by atoms with Gasteiger partial charge in [0.05, 0.1) is 10.6 Å². The van der Waals surface area contributed by atoms with Gasteiger partial charge in [0.2, 0.25) is 17.0 Å². The summed E-state index contributed by atoms with van der Waals surface area (Å²) in [6.07, 6.45) is 4.09. The van der Waals surface area contributed by atoms with Crippen LogP contribution in [0, 0.1) is 5.92 Å². The largest absolute Gasteiger partial charge is 0.481 e. The van der Waals surface area contributed by atoms with Crippen LogP contribution in [-0.2, 0) is 9.59 Å². The molecule has 0 unspecified atom stereocenters. The Hall–Kier alpha value is -3.36. The topological polar surface area (TPSA) is 122 Å². The van der Waals surface area contributed by atoms with E-state index >= 15 is 0 Å². The zero-order valence-corrected chi connectivity index (χ0v) is 21.5. The van der Waals surface area contributed by atoms with Crippen molar-refractivity contribution in [2.75, 3.05) is 11.9 Å². The molecular formula is C27H27Cl2N3O5. The molecule has 10 heteroatoms. The number of anilines is 1. The van der Waals surface area contributed by atoms with Crippen LogP contribution in [0.15, 0.2) is 52.9 Å². The Balaban J connectivity index is 1.23. The van der Waals surface area contributed by atoms with Crippen molar-refractivity contribution in [3.05, 3.63) is 70.0 Å². The smallest absolute Gasteiger partial charge is 0.303 e. The highest BCUT2D eigenvalue weighted by Crippen LogP contribution is 2.37. The first-order chi connectivity index (χ1) is 17.8. The van der Waals surface area contributed by atoms with Gasteiger partial charge in [-0.25, -0.2) is 4.98 Å². The van der Waals surface area contributed by atoms with E-state index in [4.69, 9.17) is 32.7 Å². The summed E-state index contributed by atoms with van der Waals surface area (Å²) in [7, 11) is 0. The monoisotopic (exact) mass is 543 g/mol. The minimum Gasteiger partial charge on any atom is -0.481 e. The van der Waals surface area contributed by atoms with E-state index in [1.54, 1.807) is 24.3 Å². The van der Waals surface area contributed by atoms with E-state index in [-0.39, 0.29) is 48.0 Å². The van der Waals surface area contributed by atoms with Crippen LogP contribution in [0.25, 0.3) is 11.5 Å². The van der Waals surface area contributed by atoms with Crippen molar-refractivity contribution in [3.8, 4) is 11.5 Å². The lowest BCUT2D eigenvalue weighted by atomic mass is 9.77. The van der Waals surface area contributed by atoms with Gasteiger partial charge < -0.3 is 20.2 Å². The van der Waals surface area contributed by atoms with E-state index in [0.29, 0.717) is 22.2 Å². The number of carbonyl (C=O) groups excluding carboxylic acids is 2. The average molecular weight is 544 g/mol. The van der Waals surface area contributed by atoms with Crippen molar-refractivity contribution in [1.29, 1.82) is 0 Å². The van der Waals surface area contributed by atoms with Crippen molar-refractivity contribution in [2.24, 2.45) is 5.92 Å². The average Bonchev–Trinajstić information content (AvgIpc) is 3.26. The lowest BCUT2D eigenvalue weighted by Gasteiger charge is -2.28. The van der Waals surface area contributed by atoms with E-state index < -0.39 is 11.9 Å². The zero-order valence-electron chi connectivity index (χ0n) is 20.0. The molecule has 0 radical (unpaired) electrons. The maximum absolute atomic E-state index is 12.5. The molecule has 0 aliphatic heterocycles. The van der Waals surface area contributed by atoms with Gasteiger partial charge in [-0.05, 0) is 78.9 Å². The number of carboxylic acids is 1. The van der Waals surface area contributed by atoms with Crippen molar-refractivity contribution in [1.82, 2.24) is 10.3 Å². The summed E-state index contributed by atoms with van der Waals surface area (Å²) < 4.78 is 5.39. The van der Waals surface area contributed by atoms with Gasteiger partial charge in [-0.2, -0.15) is 0 Å². The Morgan fingerprint density at radius 2 is 1.70 bits per heavy atom. The quantitative estimate of drug-likeness (QED) is 0.297. The molecule has 0 bridgehead atoms. The highest BCUT2D eigenvalue weighted by Gasteiger charge is 2.24. The van der Waals surface area contributed by atoms with Crippen LogP contribution in [-0.4, -0.2) is 34.4 Å². The normalized spacial score (nSPS) is 17.2. The van der Waals surface area contributed by atoms with E-state index in [1.807, 2.05) is 24.3 Å². The molecule has 0 atom stereocenters. The minimum atomic E-state index is -0.729. The van der Waals surface area contributed by atoms with E-state index in [1.165, 1.54) is 5.56 Å². The zero-order chi connectivity index (χ0) is 26.4.